The Bertz CT molecular complexity index is 872. The Hall–Kier alpha value is -2.74. The molecule has 2 N–H and O–H groups in total. The highest BCUT2D eigenvalue weighted by molar-refractivity contribution is 5.56. The molecule has 0 saturated heterocycles. The number of allylic oxidation sites excluding steroid dienone is 5. The lowest BCUT2D eigenvalue weighted by molar-refractivity contribution is 0.470. The van der Waals surface area contributed by atoms with E-state index in [0.29, 0.717) is 11.5 Å². The summed E-state index contributed by atoms with van der Waals surface area (Å²) >= 11 is 0. The standard InChI is InChI=1S/C25H30O2/c1-8-15(3)10-20(9-2)25(21-11-18(6)23(26)13-16(21)4)22-12-19(7)24(27)14-17(22)5/h8-14,25-27H,2H2,1,3-7H3/b15-8+,20-10+. The van der Waals surface area contributed by atoms with Gasteiger partial charge >= 0.3 is 0 Å². The van der Waals surface area contributed by atoms with Crippen molar-refractivity contribution < 1.29 is 10.2 Å². The van der Waals surface area contributed by atoms with Crippen LogP contribution in [0, 0.1) is 27.7 Å². The lowest BCUT2D eigenvalue weighted by Gasteiger charge is -2.25. The Balaban J connectivity index is 2.85. The van der Waals surface area contributed by atoms with Gasteiger partial charge in [0.15, 0.2) is 0 Å². The van der Waals surface area contributed by atoms with E-state index in [-0.39, 0.29) is 5.92 Å². The Morgan fingerprint density at radius 2 is 1.30 bits per heavy atom. The fourth-order valence-corrected chi connectivity index (χ4v) is 3.40. The molecule has 0 heterocycles. The maximum atomic E-state index is 10.1. The van der Waals surface area contributed by atoms with Crippen LogP contribution in [0.1, 0.15) is 53.1 Å². The van der Waals surface area contributed by atoms with Gasteiger partial charge in [0.1, 0.15) is 11.5 Å². The van der Waals surface area contributed by atoms with Gasteiger partial charge in [0.25, 0.3) is 0 Å². The van der Waals surface area contributed by atoms with E-state index in [9.17, 15) is 10.2 Å². The first kappa shape index (κ1) is 20.6. The van der Waals surface area contributed by atoms with E-state index in [1.54, 1.807) is 0 Å². The predicted octanol–water partition coefficient (Wildman–Crippen LogP) is 6.54. The van der Waals surface area contributed by atoms with Gasteiger partial charge < -0.3 is 10.2 Å². The van der Waals surface area contributed by atoms with Crippen molar-refractivity contribution in [2.45, 2.75) is 47.5 Å². The van der Waals surface area contributed by atoms with Crippen molar-refractivity contribution in [1.29, 1.82) is 0 Å². The second kappa shape index (κ2) is 8.30. The van der Waals surface area contributed by atoms with Crippen LogP contribution >= 0.6 is 0 Å². The summed E-state index contributed by atoms with van der Waals surface area (Å²) < 4.78 is 0. The van der Waals surface area contributed by atoms with E-state index in [1.165, 1.54) is 0 Å². The third-order valence-electron chi connectivity index (χ3n) is 5.21. The zero-order chi connectivity index (χ0) is 20.3. The minimum Gasteiger partial charge on any atom is -0.508 e. The Kier molecular flexibility index (Phi) is 6.32. The Morgan fingerprint density at radius 3 is 1.67 bits per heavy atom. The van der Waals surface area contributed by atoms with Crippen molar-refractivity contribution in [3.63, 3.8) is 0 Å². The summed E-state index contributed by atoms with van der Waals surface area (Å²) in [6, 6.07) is 7.76. The van der Waals surface area contributed by atoms with Crippen LogP contribution in [0.25, 0.3) is 0 Å². The first-order valence-corrected chi connectivity index (χ1v) is 9.26. The summed E-state index contributed by atoms with van der Waals surface area (Å²) in [6.07, 6.45) is 6.13. The predicted molar refractivity (Wildman–Crippen MR) is 115 cm³/mol. The van der Waals surface area contributed by atoms with Gasteiger partial charge in [-0.1, -0.05) is 42.5 Å². The molecule has 0 aliphatic rings. The molecule has 142 valence electrons. The Morgan fingerprint density at radius 1 is 0.852 bits per heavy atom. The second-order valence-electron chi connectivity index (χ2n) is 7.30. The third-order valence-corrected chi connectivity index (χ3v) is 5.21. The molecule has 0 fully saturated rings. The summed E-state index contributed by atoms with van der Waals surface area (Å²) in [7, 11) is 0. The van der Waals surface area contributed by atoms with Gasteiger partial charge in [0.2, 0.25) is 0 Å². The number of phenols is 2. The first-order valence-electron chi connectivity index (χ1n) is 9.26. The van der Waals surface area contributed by atoms with E-state index in [1.807, 2.05) is 52.8 Å². The van der Waals surface area contributed by atoms with Gasteiger partial charge in [-0.05, 0) is 92.6 Å². The van der Waals surface area contributed by atoms with Crippen LogP contribution in [0.2, 0.25) is 0 Å². The average Bonchev–Trinajstić information content (AvgIpc) is 2.62. The van der Waals surface area contributed by atoms with Gasteiger partial charge in [0.05, 0.1) is 0 Å². The minimum atomic E-state index is -0.0315. The molecule has 0 atom stereocenters. The van der Waals surface area contributed by atoms with Crippen molar-refractivity contribution in [2.24, 2.45) is 0 Å². The SMILES string of the molecule is C=C/C(=C\C(C)=C\C)C(c1cc(C)c(O)cc1C)c1cc(C)c(O)cc1C. The maximum Gasteiger partial charge on any atom is 0.118 e. The lowest BCUT2D eigenvalue weighted by Crippen LogP contribution is -2.09. The molecule has 0 spiro atoms. The Labute approximate surface area is 163 Å². The van der Waals surface area contributed by atoms with Crippen molar-refractivity contribution >= 4 is 0 Å². The van der Waals surface area contributed by atoms with Gasteiger partial charge in [-0.15, -0.1) is 0 Å². The van der Waals surface area contributed by atoms with Crippen LogP contribution in [-0.4, -0.2) is 10.2 Å². The quantitative estimate of drug-likeness (QED) is 0.593. The van der Waals surface area contributed by atoms with E-state index in [2.05, 4.69) is 37.8 Å². The topological polar surface area (TPSA) is 40.5 Å². The molecule has 0 aromatic heterocycles. The molecule has 2 aromatic carbocycles. The molecule has 2 rings (SSSR count). The van der Waals surface area contributed by atoms with Gasteiger partial charge in [-0.3, -0.25) is 0 Å². The van der Waals surface area contributed by atoms with Crippen LogP contribution < -0.4 is 0 Å². The van der Waals surface area contributed by atoms with Crippen LogP contribution in [-0.2, 0) is 0 Å². The largest absolute Gasteiger partial charge is 0.508 e. The molecule has 2 heteroatoms. The molecule has 0 saturated carbocycles. The number of phenolic OH excluding ortho intramolecular Hbond substituents is 2. The van der Waals surface area contributed by atoms with Crippen molar-refractivity contribution in [3.05, 3.63) is 93.6 Å². The van der Waals surface area contributed by atoms with E-state index >= 15 is 0 Å². The molecule has 0 aliphatic carbocycles. The van der Waals surface area contributed by atoms with Crippen LogP contribution in [0.3, 0.4) is 0 Å². The fourth-order valence-electron chi connectivity index (χ4n) is 3.40. The molecule has 2 aromatic rings. The summed E-state index contributed by atoms with van der Waals surface area (Å²) in [6.45, 7) is 16.0. The molecule has 0 amide bonds. The second-order valence-corrected chi connectivity index (χ2v) is 7.30. The molecule has 0 aliphatic heterocycles. The first-order chi connectivity index (χ1) is 12.7. The molecule has 0 unspecified atom stereocenters. The highest BCUT2D eigenvalue weighted by Crippen LogP contribution is 2.40. The third kappa shape index (κ3) is 4.33. The minimum absolute atomic E-state index is 0.0315. The zero-order valence-electron chi connectivity index (χ0n) is 17.2. The molecule has 2 nitrogen and oxygen atoms in total. The van der Waals surface area contributed by atoms with Gasteiger partial charge in [-0.2, -0.15) is 0 Å². The number of benzene rings is 2. The molecule has 27 heavy (non-hydrogen) atoms. The fraction of sp³-hybridized carbons (Fsp3) is 0.280. The highest BCUT2D eigenvalue weighted by atomic mass is 16.3. The van der Waals surface area contributed by atoms with Crippen LogP contribution in [0.4, 0.5) is 0 Å². The summed E-state index contributed by atoms with van der Waals surface area (Å²) in [5, 5.41) is 20.2. The van der Waals surface area contributed by atoms with Crippen molar-refractivity contribution in [2.75, 3.05) is 0 Å². The monoisotopic (exact) mass is 362 g/mol. The lowest BCUT2D eigenvalue weighted by atomic mass is 9.79. The smallest absolute Gasteiger partial charge is 0.118 e. The zero-order valence-corrected chi connectivity index (χ0v) is 17.2. The van der Waals surface area contributed by atoms with E-state index in [4.69, 9.17) is 0 Å². The molecule has 0 radical (unpaired) electrons. The van der Waals surface area contributed by atoms with Gasteiger partial charge in [-0.25, -0.2) is 0 Å². The number of hydrogen-bond donors (Lipinski definition) is 2. The number of rotatable bonds is 5. The van der Waals surface area contributed by atoms with Gasteiger partial charge in [0, 0.05) is 5.92 Å². The molecule has 0 bridgehead atoms. The van der Waals surface area contributed by atoms with Crippen molar-refractivity contribution in [1.82, 2.24) is 0 Å². The van der Waals surface area contributed by atoms with Crippen molar-refractivity contribution in [3.8, 4) is 11.5 Å². The molecular weight excluding hydrogens is 332 g/mol. The molecular formula is C25H30O2. The summed E-state index contributed by atoms with van der Waals surface area (Å²) in [5.41, 5.74) is 8.27. The number of aromatic hydroxyl groups is 2. The number of aryl methyl sites for hydroxylation is 4. The van der Waals surface area contributed by atoms with Crippen LogP contribution in [0.15, 0.2) is 60.2 Å². The highest BCUT2D eigenvalue weighted by Gasteiger charge is 2.23. The summed E-state index contributed by atoms with van der Waals surface area (Å²) in [4.78, 5) is 0. The van der Waals surface area contributed by atoms with E-state index < -0.39 is 0 Å². The van der Waals surface area contributed by atoms with Crippen LogP contribution in [0.5, 0.6) is 11.5 Å². The number of hydrogen-bond acceptors (Lipinski definition) is 2. The maximum absolute atomic E-state index is 10.1. The van der Waals surface area contributed by atoms with E-state index in [0.717, 1.165) is 44.5 Å². The summed E-state index contributed by atoms with van der Waals surface area (Å²) in [5.74, 6) is 0.584. The average molecular weight is 363 g/mol. The normalized spacial score (nSPS) is 12.6.